The summed E-state index contributed by atoms with van der Waals surface area (Å²) in [6, 6.07) is -1.41. The van der Waals surface area contributed by atoms with Crippen molar-refractivity contribution in [3.63, 3.8) is 0 Å². The molecule has 0 fully saturated rings. The highest BCUT2D eigenvalue weighted by molar-refractivity contribution is 5.81. The summed E-state index contributed by atoms with van der Waals surface area (Å²) in [5.74, 6) is -2.12. The fourth-order valence-corrected chi connectivity index (χ4v) is 1.69. The smallest absolute Gasteiger partial charge is 0.408 e. The number of hydrogen-bond donors (Lipinski definition) is 3. The Morgan fingerprint density at radius 1 is 1.14 bits per heavy atom. The second-order valence-electron chi connectivity index (χ2n) is 6.35. The van der Waals surface area contributed by atoms with E-state index in [4.69, 9.17) is 9.84 Å². The van der Waals surface area contributed by atoms with E-state index in [1.165, 1.54) is 0 Å². The van der Waals surface area contributed by atoms with Crippen LogP contribution in [0.25, 0.3) is 0 Å². The Bertz CT molecular complexity index is 590. The van der Waals surface area contributed by atoms with Crippen molar-refractivity contribution in [3.05, 3.63) is 20.2 Å². The Labute approximate surface area is 158 Å². The fourth-order valence-electron chi connectivity index (χ4n) is 1.69. The number of nitrogens with zero attached hydrogens (tertiary/aromatic N) is 2. The molecule has 0 rings (SSSR count). The number of carbonyl (C=O) groups is 3. The fraction of sp³-hybridized carbons (Fsp3) is 0.769. The second-order valence-corrected chi connectivity index (χ2v) is 6.35. The first-order chi connectivity index (χ1) is 12.8. The van der Waals surface area contributed by atoms with Gasteiger partial charge in [0, 0.05) is 13.0 Å². The largest absolute Gasteiger partial charge is 0.480 e. The Balaban J connectivity index is 4.52. The molecule has 0 heterocycles. The van der Waals surface area contributed by atoms with Gasteiger partial charge in [0.25, 0.3) is 10.2 Å². The Morgan fingerprint density at radius 3 is 2.21 bits per heavy atom. The van der Waals surface area contributed by atoms with Gasteiger partial charge in [0.15, 0.2) is 0 Å². The minimum atomic E-state index is -1.44. The zero-order valence-electron chi connectivity index (χ0n) is 15.4. The monoisotopic (exact) mass is 410 g/mol. The molecule has 28 heavy (non-hydrogen) atoms. The lowest BCUT2D eigenvalue weighted by atomic mass is 10.1. The highest BCUT2D eigenvalue weighted by atomic mass is 17.0. The molecule has 0 aliphatic rings. The number of alkyl carbamates (subject to hydrolysis) is 1. The SMILES string of the molecule is CC(C)(C)OC(=O)N[C@@H](CCC(=O)NCC(CO[N+](=O)[O-])O[N+](=O)[O-])C(=O)O. The van der Waals surface area contributed by atoms with E-state index in [2.05, 4.69) is 20.3 Å². The molecule has 160 valence electrons. The summed E-state index contributed by atoms with van der Waals surface area (Å²) in [7, 11) is 0. The molecule has 3 N–H and O–H groups in total. The van der Waals surface area contributed by atoms with Crippen LogP contribution < -0.4 is 10.6 Å². The van der Waals surface area contributed by atoms with Crippen LogP contribution in [-0.2, 0) is 24.0 Å². The van der Waals surface area contributed by atoms with Crippen LogP contribution in [0.3, 0.4) is 0 Å². The predicted molar refractivity (Wildman–Crippen MR) is 87.9 cm³/mol. The minimum absolute atomic E-state index is 0.299. The highest BCUT2D eigenvalue weighted by Crippen LogP contribution is 2.08. The van der Waals surface area contributed by atoms with Crippen LogP contribution in [-0.4, -0.2) is 64.1 Å². The molecule has 0 aromatic heterocycles. The highest BCUT2D eigenvalue weighted by Gasteiger charge is 2.25. The van der Waals surface area contributed by atoms with Gasteiger partial charge in [0.1, 0.15) is 24.4 Å². The molecule has 15 heteroatoms. The van der Waals surface area contributed by atoms with Crippen LogP contribution in [0.2, 0.25) is 0 Å². The summed E-state index contributed by atoms with van der Waals surface area (Å²) in [6.07, 6.45) is -3.09. The lowest BCUT2D eigenvalue weighted by molar-refractivity contribution is -0.789. The summed E-state index contributed by atoms with van der Waals surface area (Å²) >= 11 is 0. The van der Waals surface area contributed by atoms with Gasteiger partial charge in [-0.2, -0.15) is 0 Å². The van der Waals surface area contributed by atoms with Gasteiger partial charge in [-0.15, -0.1) is 20.2 Å². The number of carboxylic acid groups (broad SMARTS) is 1. The first-order valence-corrected chi connectivity index (χ1v) is 7.87. The topological polar surface area (TPSA) is 209 Å². The molecule has 0 saturated heterocycles. The summed E-state index contributed by atoms with van der Waals surface area (Å²) in [6.45, 7) is 3.46. The van der Waals surface area contributed by atoms with Crippen LogP contribution in [0.1, 0.15) is 33.6 Å². The third-order valence-corrected chi connectivity index (χ3v) is 2.78. The first kappa shape index (κ1) is 24.6. The number of aliphatic carboxylic acids is 1. The minimum Gasteiger partial charge on any atom is -0.480 e. The van der Waals surface area contributed by atoms with Gasteiger partial charge >= 0.3 is 12.1 Å². The first-order valence-electron chi connectivity index (χ1n) is 7.87. The van der Waals surface area contributed by atoms with E-state index in [0.29, 0.717) is 0 Å². The number of carboxylic acids is 1. The lowest BCUT2D eigenvalue weighted by Gasteiger charge is -2.22. The van der Waals surface area contributed by atoms with E-state index >= 15 is 0 Å². The molecule has 0 aromatic carbocycles. The van der Waals surface area contributed by atoms with Gasteiger partial charge in [0.05, 0.1) is 0 Å². The van der Waals surface area contributed by atoms with Gasteiger partial charge in [-0.3, -0.25) is 4.79 Å². The molecule has 0 radical (unpaired) electrons. The van der Waals surface area contributed by atoms with E-state index in [-0.39, 0.29) is 12.8 Å². The van der Waals surface area contributed by atoms with Crippen LogP contribution in [0.15, 0.2) is 0 Å². The van der Waals surface area contributed by atoms with Crippen molar-refractivity contribution in [2.45, 2.75) is 51.4 Å². The van der Waals surface area contributed by atoms with Crippen molar-refractivity contribution < 1.29 is 44.1 Å². The summed E-state index contributed by atoms with van der Waals surface area (Å²) < 4.78 is 4.92. The Morgan fingerprint density at radius 2 is 1.75 bits per heavy atom. The molecule has 1 unspecified atom stereocenters. The van der Waals surface area contributed by atoms with Gasteiger partial charge in [-0.1, -0.05) is 0 Å². The molecule has 0 bridgehead atoms. The number of rotatable bonds is 12. The van der Waals surface area contributed by atoms with Crippen molar-refractivity contribution in [2.75, 3.05) is 13.2 Å². The normalized spacial score (nSPS) is 12.8. The lowest BCUT2D eigenvalue weighted by Crippen LogP contribution is -2.44. The maximum absolute atomic E-state index is 11.8. The van der Waals surface area contributed by atoms with E-state index < -0.39 is 59.0 Å². The Kier molecular flexibility index (Phi) is 9.98. The molecule has 2 amide bonds. The predicted octanol–water partition coefficient (Wildman–Crippen LogP) is -0.354. The van der Waals surface area contributed by atoms with Crippen LogP contribution in [0, 0.1) is 20.2 Å². The molecule has 0 saturated carbocycles. The summed E-state index contributed by atoms with van der Waals surface area (Å²) in [5.41, 5.74) is -0.845. The number of ether oxygens (including phenoxy) is 1. The van der Waals surface area contributed by atoms with Gasteiger partial charge < -0.3 is 30.2 Å². The Hall–Kier alpha value is -3.39. The third-order valence-electron chi connectivity index (χ3n) is 2.78. The standard InChI is InChI=1S/C13H22N4O11/c1-13(2,3)27-12(21)15-9(11(19)20)4-5-10(18)14-6-8(28-17(24)25)7-26-16(22)23/h8-9H,4-7H2,1-3H3,(H,14,18)(H,15,21)(H,19,20)/t8?,9-/m0/s1. The van der Waals surface area contributed by atoms with E-state index in [0.717, 1.165) is 0 Å². The molecular formula is C13H22N4O11. The molecule has 2 atom stereocenters. The van der Waals surface area contributed by atoms with Crippen LogP contribution >= 0.6 is 0 Å². The van der Waals surface area contributed by atoms with Gasteiger partial charge in [-0.25, -0.2) is 9.59 Å². The summed E-state index contributed by atoms with van der Waals surface area (Å²) in [4.78, 5) is 63.1. The number of nitrogens with one attached hydrogen (secondary N) is 2. The van der Waals surface area contributed by atoms with Crippen molar-refractivity contribution in [3.8, 4) is 0 Å². The van der Waals surface area contributed by atoms with E-state index in [1.807, 2.05) is 0 Å². The molecule has 15 nitrogen and oxygen atoms in total. The third kappa shape index (κ3) is 12.9. The van der Waals surface area contributed by atoms with E-state index in [1.54, 1.807) is 20.8 Å². The van der Waals surface area contributed by atoms with Crippen LogP contribution in [0.5, 0.6) is 0 Å². The quantitative estimate of drug-likeness (QED) is 0.279. The number of carbonyl (C=O) groups excluding carboxylic acids is 2. The number of amides is 2. The van der Waals surface area contributed by atoms with Crippen LogP contribution in [0.4, 0.5) is 4.79 Å². The average Bonchev–Trinajstić information content (AvgIpc) is 2.51. The number of hydrogen-bond acceptors (Lipinski definition) is 10. The van der Waals surface area contributed by atoms with Crippen molar-refractivity contribution in [1.29, 1.82) is 0 Å². The van der Waals surface area contributed by atoms with Gasteiger partial charge in [0.2, 0.25) is 5.91 Å². The molecule has 0 aliphatic carbocycles. The molecule has 0 spiro atoms. The molecule has 0 aromatic rings. The molecule has 0 aliphatic heterocycles. The van der Waals surface area contributed by atoms with Crippen molar-refractivity contribution in [2.24, 2.45) is 0 Å². The summed E-state index contributed by atoms with van der Waals surface area (Å²) in [5, 5.41) is 31.4. The van der Waals surface area contributed by atoms with E-state index in [9.17, 15) is 34.6 Å². The average molecular weight is 410 g/mol. The zero-order valence-corrected chi connectivity index (χ0v) is 15.4. The van der Waals surface area contributed by atoms with Crippen molar-refractivity contribution in [1.82, 2.24) is 10.6 Å². The molecular weight excluding hydrogens is 388 g/mol. The van der Waals surface area contributed by atoms with Gasteiger partial charge in [-0.05, 0) is 27.2 Å². The van der Waals surface area contributed by atoms with Crippen molar-refractivity contribution >= 4 is 18.0 Å². The maximum Gasteiger partial charge on any atom is 0.408 e. The second kappa shape index (κ2) is 11.3. The maximum atomic E-state index is 11.8. The zero-order chi connectivity index (χ0) is 21.9.